The molecule has 1 atom stereocenters. The van der Waals surface area contributed by atoms with Gasteiger partial charge in [-0.15, -0.1) is 22.7 Å². The summed E-state index contributed by atoms with van der Waals surface area (Å²) < 4.78 is 28.0. The number of Topliss-reactive ketones (excluding diaryl/α,β-unsaturated/α-hetero) is 1. The van der Waals surface area contributed by atoms with Crippen molar-refractivity contribution in [1.29, 1.82) is 0 Å². The number of benzene rings is 2. The zero-order valence-electron chi connectivity index (χ0n) is 18.9. The summed E-state index contributed by atoms with van der Waals surface area (Å²) in [6, 6.07) is 13.9. The second-order valence-electron chi connectivity index (χ2n) is 8.21. The van der Waals surface area contributed by atoms with E-state index >= 15 is 0 Å². The van der Waals surface area contributed by atoms with Gasteiger partial charge in [-0.2, -0.15) is 0 Å². The summed E-state index contributed by atoms with van der Waals surface area (Å²) >= 11 is 3.47. The van der Waals surface area contributed by atoms with Gasteiger partial charge in [0.15, 0.2) is 22.5 Å². The summed E-state index contributed by atoms with van der Waals surface area (Å²) in [5, 5.41) is 13.5. The Labute approximate surface area is 220 Å². The van der Waals surface area contributed by atoms with Gasteiger partial charge in [0, 0.05) is 16.5 Å². The van der Waals surface area contributed by atoms with Gasteiger partial charge in [-0.05, 0) is 24.4 Å². The van der Waals surface area contributed by atoms with E-state index < -0.39 is 35.1 Å². The molecule has 1 unspecified atom stereocenters. The Morgan fingerprint density at radius 1 is 1.03 bits per heavy atom. The molecule has 37 heavy (non-hydrogen) atoms. The highest BCUT2D eigenvalue weighted by Crippen LogP contribution is 2.46. The molecule has 1 amide bonds. The summed E-state index contributed by atoms with van der Waals surface area (Å²) in [4.78, 5) is 38.3. The van der Waals surface area contributed by atoms with E-state index in [0.717, 1.165) is 29.0 Å². The van der Waals surface area contributed by atoms with Gasteiger partial charge in [-0.25, -0.2) is 18.7 Å². The number of anilines is 1. The molecule has 0 saturated carbocycles. The number of aryl methyl sites for hydroxylation is 1. The minimum absolute atomic E-state index is 0.0876. The third kappa shape index (κ3) is 3.86. The third-order valence-corrected chi connectivity index (χ3v) is 9.06. The van der Waals surface area contributed by atoms with Crippen LogP contribution in [0, 0.1) is 18.6 Å². The molecule has 1 N–H and O–H groups in total. The van der Waals surface area contributed by atoms with Crippen molar-refractivity contribution in [3.05, 3.63) is 98.4 Å². The Morgan fingerprint density at radius 2 is 1.78 bits per heavy atom. The zero-order chi connectivity index (χ0) is 25.8. The molecule has 0 fully saturated rings. The van der Waals surface area contributed by atoms with Crippen molar-refractivity contribution in [2.75, 3.05) is 4.90 Å². The van der Waals surface area contributed by atoms with Crippen LogP contribution in [-0.2, 0) is 4.79 Å². The van der Waals surface area contributed by atoms with Crippen molar-refractivity contribution < 1.29 is 23.5 Å². The number of hydrogen-bond donors (Lipinski definition) is 1. The number of aliphatic hydroxyl groups excluding tert-OH is 1. The molecule has 0 bridgehead atoms. The van der Waals surface area contributed by atoms with E-state index in [9.17, 15) is 23.5 Å². The van der Waals surface area contributed by atoms with Crippen molar-refractivity contribution in [2.24, 2.45) is 0 Å². The van der Waals surface area contributed by atoms with Crippen LogP contribution in [0.5, 0.6) is 0 Å². The number of carbonyl (C=O) groups is 2. The van der Waals surface area contributed by atoms with Crippen LogP contribution in [0.1, 0.15) is 26.3 Å². The van der Waals surface area contributed by atoms with Crippen LogP contribution in [0.15, 0.2) is 71.3 Å². The average Bonchev–Trinajstić information content (AvgIpc) is 3.67. The Balaban J connectivity index is 1.46. The number of aliphatic hydroxyl groups is 1. The lowest BCUT2D eigenvalue weighted by molar-refractivity contribution is -0.117. The van der Waals surface area contributed by atoms with Crippen LogP contribution in [-0.4, -0.2) is 26.8 Å². The summed E-state index contributed by atoms with van der Waals surface area (Å²) in [5.41, 5.74) is 1.41. The van der Waals surface area contributed by atoms with Crippen LogP contribution < -0.4 is 4.90 Å². The van der Waals surface area contributed by atoms with Crippen LogP contribution >= 0.6 is 34.0 Å². The van der Waals surface area contributed by atoms with E-state index in [1.807, 2.05) is 30.3 Å². The monoisotopic (exact) mass is 551 g/mol. The number of carbonyl (C=O) groups excluding carboxylic acids is 2. The quantitative estimate of drug-likeness (QED) is 0.242. The summed E-state index contributed by atoms with van der Waals surface area (Å²) in [7, 11) is 0. The highest BCUT2D eigenvalue weighted by molar-refractivity contribution is 7.22. The van der Waals surface area contributed by atoms with E-state index in [2.05, 4.69) is 9.97 Å². The van der Waals surface area contributed by atoms with Gasteiger partial charge in [0.05, 0.1) is 26.4 Å². The molecule has 0 radical (unpaired) electrons. The van der Waals surface area contributed by atoms with Crippen molar-refractivity contribution in [3.63, 3.8) is 0 Å². The molecule has 0 spiro atoms. The molecule has 1 aliphatic rings. The fourth-order valence-corrected chi connectivity index (χ4v) is 7.05. The zero-order valence-corrected chi connectivity index (χ0v) is 21.4. The average molecular weight is 552 g/mol. The van der Waals surface area contributed by atoms with Crippen LogP contribution in [0.25, 0.3) is 20.8 Å². The van der Waals surface area contributed by atoms with Gasteiger partial charge < -0.3 is 5.11 Å². The Kier molecular flexibility index (Phi) is 5.70. The van der Waals surface area contributed by atoms with E-state index in [0.29, 0.717) is 25.2 Å². The highest BCUT2D eigenvalue weighted by Gasteiger charge is 2.47. The molecule has 2 aromatic carbocycles. The molecule has 6 rings (SSSR count). The highest BCUT2D eigenvalue weighted by atomic mass is 32.1. The Morgan fingerprint density at radius 3 is 2.51 bits per heavy atom. The maximum atomic E-state index is 13.9. The number of amides is 1. The Hall–Kier alpha value is -3.80. The van der Waals surface area contributed by atoms with Crippen LogP contribution in [0.3, 0.4) is 0 Å². The smallest absolute Gasteiger partial charge is 0.296 e. The molecule has 3 aromatic heterocycles. The van der Waals surface area contributed by atoms with E-state index in [-0.39, 0.29) is 16.2 Å². The van der Waals surface area contributed by atoms with Gasteiger partial charge in [0.25, 0.3) is 5.91 Å². The first-order valence-corrected chi connectivity index (χ1v) is 13.5. The first-order valence-electron chi connectivity index (χ1n) is 11.0. The van der Waals surface area contributed by atoms with E-state index in [1.54, 1.807) is 24.4 Å². The van der Waals surface area contributed by atoms with Gasteiger partial charge in [0.2, 0.25) is 5.78 Å². The summed E-state index contributed by atoms with van der Waals surface area (Å²) in [6.45, 7) is 1.71. The number of halogens is 2. The predicted octanol–water partition coefficient (Wildman–Crippen LogP) is 6.85. The number of thiazole rings is 2. The molecule has 4 heterocycles. The first kappa shape index (κ1) is 23.6. The summed E-state index contributed by atoms with van der Waals surface area (Å²) in [5.74, 6) is -4.10. The largest absolute Gasteiger partial charge is 0.503 e. The van der Waals surface area contributed by atoms with Crippen molar-refractivity contribution in [2.45, 2.75) is 13.0 Å². The van der Waals surface area contributed by atoms with Gasteiger partial charge in [0.1, 0.15) is 11.0 Å². The third-order valence-electron chi connectivity index (χ3n) is 5.91. The molecule has 11 heteroatoms. The minimum atomic E-state index is -1.06. The number of rotatable bonds is 5. The number of ketones is 1. The van der Waals surface area contributed by atoms with Crippen molar-refractivity contribution in [3.8, 4) is 10.6 Å². The van der Waals surface area contributed by atoms with Gasteiger partial charge in [-0.1, -0.05) is 47.7 Å². The number of fused-ring (bicyclic) bond motifs is 1. The second kappa shape index (κ2) is 8.94. The molecule has 0 aliphatic carbocycles. The molecule has 5 aromatic rings. The normalized spacial score (nSPS) is 15.8. The molecule has 184 valence electrons. The van der Waals surface area contributed by atoms with Crippen molar-refractivity contribution >= 4 is 61.0 Å². The predicted molar refractivity (Wildman–Crippen MR) is 140 cm³/mol. The molecule has 6 nitrogen and oxygen atoms in total. The number of thiophene rings is 1. The fourth-order valence-electron chi connectivity index (χ4n) is 4.20. The minimum Gasteiger partial charge on any atom is -0.503 e. The van der Waals surface area contributed by atoms with E-state index in [1.165, 1.54) is 27.6 Å². The van der Waals surface area contributed by atoms with Crippen LogP contribution in [0.2, 0.25) is 0 Å². The van der Waals surface area contributed by atoms with Gasteiger partial charge in [-0.3, -0.25) is 14.5 Å². The first-order chi connectivity index (χ1) is 17.8. The van der Waals surface area contributed by atoms with E-state index in [4.69, 9.17) is 0 Å². The van der Waals surface area contributed by atoms with Crippen molar-refractivity contribution in [1.82, 2.24) is 9.97 Å². The topological polar surface area (TPSA) is 83.4 Å². The summed E-state index contributed by atoms with van der Waals surface area (Å²) in [6.07, 6.45) is 0. The Bertz CT molecular complexity index is 1690. The SMILES string of the molecule is Cc1nc(-c2ccccc2)sc1C(=O)C1=C(O)C(=O)N(c2nc3cc(F)c(F)cc3s2)C1c1cccs1. The molecular formula is C26H15F2N3O3S3. The maximum Gasteiger partial charge on any atom is 0.296 e. The lowest BCUT2D eigenvalue weighted by atomic mass is 10.0. The number of hydrogen-bond acceptors (Lipinski definition) is 8. The number of nitrogens with zero attached hydrogens (tertiary/aromatic N) is 3. The number of aromatic nitrogens is 2. The van der Waals surface area contributed by atoms with Crippen LogP contribution in [0.4, 0.5) is 13.9 Å². The maximum absolute atomic E-state index is 13.9. The molecule has 0 saturated heterocycles. The second-order valence-corrected chi connectivity index (χ2v) is 11.2. The lowest BCUT2D eigenvalue weighted by Crippen LogP contribution is -2.30. The molecular weight excluding hydrogens is 537 g/mol. The fraction of sp³-hybridized carbons (Fsp3) is 0.0769. The lowest BCUT2D eigenvalue weighted by Gasteiger charge is -2.22. The van der Waals surface area contributed by atoms with Gasteiger partial charge >= 0.3 is 0 Å². The molecule has 1 aliphatic heterocycles. The standard InChI is InChI=1S/C26H15F2N3O3S3/c1-12-23(37-24(29-12)13-6-3-2-4-7-13)21(32)19-20(17-8-5-9-35-17)31(25(34)22(19)33)26-30-16-10-14(27)15(28)11-18(16)36-26/h2-11,20,33H,1H3.